The van der Waals surface area contributed by atoms with Gasteiger partial charge in [-0.1, -0.05) is 35.3 Å². The SMILES string of the molecule is CC1CN(Cc2cccc(Cl)c2)CCN1C(=O)c1cc2c(C(=O)C(N)=O)c[nH]c2cc1Cl. The Kier molecular flexibility index (Phi) is 6.24. The summed E-state index contributed by atoms with van der Waals surface area (Å²) in [6.45, 7) is 4.69. The second-order valence-corrected chi connectivity index (χ2v) is 8.83. The second kappa shape index (κ2) is 8.94. The van der Waals surface area contributed by atoms with Crippen LogP contribution in [0, 0.1) is 0 Å². The molecule has 3 aromatic rings. The lowest BCUT2D eigenvalue weighted by Gasteiger charge is -2.40. The largest absolute Gasteiger partial charge is 0.363 e. The number of hydrogen-bond donors (Lipinski definition) is 2. The number of rotatable bonds is 5. The van der Waals surface area contributed by atoms with Crippen LogP contribution in [0.1, 0.15) is 33.2 Å². The van der Waals surface area contributed by atoms with E-state index in [9.17, 15) is 14.4 Å². The molecule has 2 aromatic carbocycles. The number of H-pyrrole nitrogens is 1. The van der Waals surface area contributed by atoms with Crippen molar-refractivity contribution < 1.29 is 14.4 Å². The predicted octanol–water partition coefficient (Wildman–Crippen LogP) is 3.49. The summed E-state index contributed by atoms with van der Waals surface area (Å²) in [5.41, 5.74) is 7.22. The number of aromatic nitrogens is 1. The number of carbonyl (C=O) groups excluding carboxylic acids is 3. The number of hydrogen-bond acceptors (Lipinski definition) is 4. The van der Waals surface area contributed by atoms with Crippen molar-refractivity contribution in [2.75, 3.05) is 19.6 Å². The molecule has 1 aliphatic rings. The summed E-state index contributed by atoms with van der Waals surface area (Å²) in [6, 6.07) is 10.8. The third kappa shape index (κ3) is 4.37. The molecular weight excluding hydrogens is 451 g/mol. The fraction of sp³-hybridized carbons (Fsp3) is 0.261. The molecule has 2 amide bonds. The Hall–Kier alpha value is -2.87. The minimum atomic E-state index is -1.06. The summed E-state index contributed by atoms with van der Waals surface area (Å²) in [4.78, 5) is 43.8. The van der Waals surface area contributed by atoms with Gasteiger partial charge >= 0.3 is 0 Å². The number of aromatic amines is 1. The van der Waals surface area contributed by atoms with Crippen LogP contribution < -0.4 is 5.73 Å². The van der Waals surface area contributed by atoms with Crippen molar-refractivity contribution in [2.24, 2.45) is 5.73 Å². The van der Waals surface area contributed by atoms with Crippen molar-refractivity contribution in [1.82, 2.24) is 14.8 Å². The molecule has 1 saturated heterocycles. The van der Waals surface area contributed by atoms with Crippen LogP contribution in [0.5, 0.6) is 0 Å². The minimum Gasteiger partial charge on any atom is -0.363 e. The Bertz CT molecular complexity index is 1220. The second-order valence-electron chi connectivity index (χ2n) is 7.99. The number of amides is 2. The standard InChI is InChI=1S/C23H22Cl2N4O3/c1-13-11-28(12-14-3-2-4-15(24)7-14)5-6-29(13)23(32)17-8-16-18(21(30)22(26)31)10-27-20(16)9-19(17)25/h2-4,7-10,13,27H,5-6,11-12H2,1H3,(H2,26,31). The van der Waals surface area contributed by atoms with Crippen LogP contribution >= 0.6 is 23.2 Å². The fourth-order valence-corrected chi connectivity index (χ4v) is 4.61. The highest BCUT2D eigenvalue weighted by Crippen LogP contribution is 2.28. The van der Waals surface area contributed by atoms with E-state index < -0.39 is 11.7 Å². The molecule has 9 heteroatoms. The fourth-order valence-electron chi connectivity index (χ4n) is 4.15. The van der Waals surface area contributed by atoms with Gasteiger partial charge < -0.3 is 15.6 Å². The first kappa shape index (κ1) is 22.3. The van der Waals surface area contributed by atoms with Crippen molar-refractivity contribution in [3.05, 3.63) is 69.3 Å². The summed E-state index contributed by atoms with van der Waals surface area (Å²) < 4.78 is 0. The maximum atomic E-state index is 13.3. The van der Waals surface area contributed by atoms with Crippen molar-refractivity contribution >= 4 is 51.7 Å². The molecule has 0 spiro atoms. The van der Waals surface area contributed by atoms with Crippen LogP contribution in [0.2, 0.25) is 10.0 Å². The Balaban J connectivity index is 1.54. The number of fused-ring (bicyclic) bond motifs is 1. The van der Waals surface area contributed by atoms with Gasteiger partial charge in [-0.05, 0) is 36.8 Å². The van der Waals surface area contributed by atoms with Crippen LogP contribution in [0.15, 0.2) is 42.6 Å². The predicted molar refractivity (Wildman–Crippen MR) is 124 cm³/mol. The lowest BCUT2D eigenvalue weighted by molar-refractivity contribution is -0.114. The van der Waals surface area contributed by atoms with E-state index in [1.165, 1.54) is 6.20 Å². The van der Waals surface area contributed by atoms with E-state index in [1.807, 2.05) is 31.2 Å². The molecule has 0 aliphatic carbocycles. The molecule has 1 unspecified atom stereocenters. The highest BCUT2D eigenvalue weighted by molar-refractivity contribution is 6.44. The van der Waals surface area contributed by atoms with Gasteiger partial charge in [-0.25, -0.2) is 0 Å². The molecule has 1 aromatic heterocycles. The van der Waals surface area contributed by atoms with E-state index >= 15 is 0 Å². The lowest BCUT2D eigenvalue weighted by Crippen LogP contribution is -2.53. The molecule has 1 atom stereocenters. The summed E-state index contributed by atoms with van der Waals surface area (Å²) in [5, 5.41) is 1.41. The maximum absolute atomic E-state index is 13.3. The van der Waals surface area contributed by atoms with E-state index in [0.29, 0.717) is 35.6 Å². The van der Waals surface area contributed by atoms with E-state index in [1.54, 1.807) is 17.0 Å². The molecule has 0 bridgehead atoms. The first-order chi connectivity index (χ1) is 15.2. The average molecular weight is 473 g/mol. The molecule has 0 saturated carbocycles. The zero-order chi connectivity index (χ0) is 23.0. The minimum absolute atomic E-state index is 0.0415. The van der Waals surface area contributed by atoms with Gasteiger partial charge in [-0.15, -0.1) is 0 Å². The molecule has 1 aliphatic heterocycles. The molecule has 4 rings (SSSR count). The molecule has 32 heavy (non-hydrogen) atoms. The molecule has 3 N–H and O–H groups in total. The summed E-state index contributed by atoms with van der Waals surface area (Å²) in [6.07, 6.45) is 1.40. The number of benzene rings is 2. The van der Waals surface area contributed by atoms with E-state index in [-0.39, 0.29) is 28.1 Å². The monoisotopic (exact) mass is 472 g/mol. The zero-order valence-electron chi connectivity index (χ0n) is 17.4. The first-order valence-corrected chi connectivity index (χ1v) is 10.9. The zero-order valence-corrected chi connectivity index (χ0v) is 18.9. The summed E-state index contributed by atoms with van der Waals surface area (Å²) in [5.74, 6) is -2.09. The number of nitrogens with one attached hydrogen (secondary N) is 1. The van der Waals surface area contributed by atoms with Gasteiger partial charge in [-0.2, -0.15) is 0 Å². The highest BCUT2D eigenvalue weighted by atomic mass is 35.5. The number of Topliss-reactive ketones (excluding diaryl/α,β-unsaturated/α-hetero) is 1. The molecule has 2 heterocycles. The van der Waals surface area contributed by atoms with Crippen LogP contribution in [0.3, 0.4) is 0 Å². The van der Waals surface area contributed by atoms with Crippen LogP contribution in [0.4, 0.5) is 0 Å². The van der Waals surface area contributed by atoms with Gasteiger partial charge in [0.05, 0.1) is 16.1 Å². The Morgan fingerprint density at radius 3 is 2.59 bits per heavy atom. The average Bonchev–Trinajstić information content (AvgIpc) is 3.14. The molecule has 7 nitrogen and oxygen atoms in total. The van der Waals surface area contributed by atoms with Crippen molar-refractivity contribution in [3.63, 3.8) is 0 Å². The van der Waals surface area contributed by atoms with Crippen molar-refractivity contribution in [3.8, 4) is 0 Å². The molecule has 0 radical (unpaired) electrons. The van der Waals surface area contributed by atoms with Gasteiger partial charge in [0, 0.05) is 54.3 Å². The Morgan fingerprint density at radius 2 is 1.91 bits per heavy atom. The number of primary amides is 1. The van der Waals surface area contributed by atoms with E-state index in [2.05, 4.69) is 9.88 Å². The van der Waals surface area contributed by atoms with Gasteiger partial charge in [0.2, 0.25) is 0 Å². The lowest BCUT2D eigenvalue weighted by atomic mass is 10.0. The van der Waals surface area contributed by atoms with Gasteiger partial charge in [0.15, 0.2) is 0 Å². The number of carbonyl (C=O) groups is 3. The summed E-state index contributed by atoms with van der Waals surface area (Å²) in [7, 11) is 0. The first-order valence-electron chi connectivity index (χ1n) is 10.2. The van der Waals surface area contributed by atoms with Gasteiger partial charge in [-0.3, -0.25) is 19.3 Å². The van der Waals surface area contributed by atoms with E-state index in [4.69, 9.17) is 28.9 Å². The van der Waals surface area contributed by atoms with Gasteiger partial charge in [0.1, 0.15) is 0 Å². The van der Waals surface area contributed by atoms with Crippen LogP contribution in [-0.2, 0) is 11.3 Å². The smallest absolute Gasteiger partial charge is 0.289 e. The number of halogens is 2. The third-order valence-corrected chi connectivity index (χ3v) is 6.28. The number of ketones is 1. The molecule has 1 fully saturated rings. The quantitative estimate of drug-likeness (QED) is 0.438. The van der Waals surface area contributed by atoms with Crippen molar-refractivity contribution in [1.29, 1.82) is 0 Å². The normalized spacial score (nSPS) is 17.0. The Morgan fingerprint density at radius 1 is 1.12 bits per heavy atom. The van der Waals surface area contributed by atoms with Crippen LogP contribution in [0.25, 0.3) is 10.9 Å². The topological polar surface area (TPSA) is 99.5 Å². The van der Waals surface area contributed by atoms with E-state index in [0.717, 1.165) is 12.1 Å². The number of nitrogens with two attached hydrogens (primary N) is 1. The maximum Gasteiger partial charge on any atom is 0.289 e. The van der Waals surface area contributed by atoms with Gasteiger partial charge in [0.25, 0.3) is 17.6 Å². The Labute approximate surface area is 195 Å². The third-order valence-electron chi connectivity index (χ3n) is 5.74. The molecule has 166 valence electrons. The number of piperazine rings is 1. The number of nitrogens with zero attached hydrogens (tertiary/aromatic N) is 2. The van der Waals surface area contributed by atoms with Crippen molar-refractivity contribution in [2.45, 2.75) is 19.5 Å². The van der Waals surface area contributed by atoms with Crippen LogP contribution in [-0.4, -0.2) is 58.1 Å². The highest BCUT2D eigenvalue weighted by Gasteiger charge is 2.30. The summed E-state index contributed by atoms with van der Waals surface area (Å²) >= 11 is 12.5. The molecular formula is C23H22Cl2N4O3.